The second-order valence-electron chi connectivity index (χ2n) is 7.40. The van der Waals surface area contributed by atoms with Crippen molar-refractivity contribution in [3.63, 3.8) is 0 Å². The quantitative estimate of drug-likeness (QED) is 0.671. The number of benzene rings is 3. The molecule has 0 fully saturated rings. The topological polar surface area (TPSA) is 79.9 Å². The minimum atomic E-state index is -0.434. The van der Waals surface area contributed by atoms with Crippen LogP contribution in [0.3, 0.4) is 0 Å². The highest BCUT2D eigenvalue weighted by Gasteiger charge is 2.34. The molecule has 3 aromatic rings. The molecule has 5 rings (SSSR count). The van der Waals surface area contributed by atoms with Crippen LogP contribution in [0.2, 0.25) is 0 Å². The summed E-state index contributed by atoms with van der Waals surface area (Å²) in [5.41, 5.74) is 3.66. The normalized spacial score (nSPS) is 16.9. The van der Waals surface area contributed by atoms with E-state index < -0.39 is 6.17 Å². The summed E-state index contributed by atoms with van der Waals surface area (Å²) in [7, 11) is 0. The lowest BCUT2D eigenvalue weighted by molar-refractivity contribution is -0.114. The predicted molar refractivity (Wildman–Crippen MR) is 118 cm³/mol. The van der Waals surface area contributed by atoms with Gasteiger partial charge in [-0.2, -0.15) is 0 Å². The predicted octanol–water partition coefficient (Wildman–Crippen LogP) is 4.19. The molecule has 2 N–H and O–H groups in total. The lowest BCUT2D eigenvalue weighted by Crippen LogP contribution is -2.43. The summed E-state index contributed by atoms with van der Waals surface area (Å²) < 4.78 is 11.4. The van der Waals surface area contributed by atoms with Gasteiger partial charge in [0.1, 0.15) is 19.4 Å². The molecule has 2 amide bonds. The van der Waals surface area contributed by atoms with Crippen LogP contribution in [-0.4, -0.2) is 25.0 Å². The van der Waals surface area contributed by atoms with E-state index in [2.05, 4.69) is 10.6 Å². The molecule has 0 spiro atoms. The number of nitrogens with one attached hydrogen (secondary N) is 2. The fourth-order valence-corrected chi connectivity index (χ4v) is 3.89. The Morgan fingerprint density at radius 2 is 1.74 bits per heavy atom. The first-order chi connectivity index (χ1) is 15.1. The van der Waals surface area contributed by atoms with Crippen molar-refractivity contribution in [2.75, 3.05) is 28.7 Å². The summed E-state index contributed by atoms with van der Waals surface area (Å²) in [5, 5.41) is 6.24. The van der Waals surface area contributed by atoms with E-state index >= 15 is 0 Å². The standard InChI is InChI=1S/C24H21N3O4/c1-15(28)25-17-8-6-16(7-9-17)23-26-20-5-3-2-4-19(20)24(29)27(23)18-10-11-21-22(14-18)31-13-12-30-21/h2-11,14,23,26H,12-13H2,1H3,(H,25,28)/t23-/m1/s1. The van der Waals surface area contributed by atoms with E-state index in [4.69, 9.17) is 9.47 Å². The Labute approximate surface area is 179 Å². The monoisotopic (exact) mass is 415 g/mol. The van der Waals surface area contributed by atoms with E-state index in [0.717, 1.165) is 11.3 Å². The maximum Gasteiger partial charge on any atom is 0.262 e. The van der Waals surface area contributed by atoms with Crippen molar-refractivity contribution in [1.82, 2.24) is 0 Å². The van der Waals surface area contributed by atoms with E-state index in [1.165, 1.54) is 6.92 Å². The molecule has 2 heterocycles. The maximum atomic E-state index is 13.5. The van der Waals surface area contributed by atoms with Crippen molar-refractivity contribution in [3.8, 4) is 11.5 Å². The van der Waals surface area contributed by atoms with Crippen LogP contribution in [0.25, 0.3) is 0 Å². The van der Waals surface area contributed by atoms with Crippen molar-refractivity contribution in [3.05, 3.63) is 77.9 Å². The maximum absolute atomic E-state index is 13.5. The molecular formula is C24H21N3O4. The number of para-hydroxylation sites is 1. The van der Waals surface area contributed by atoms with Crippen LogP contribution in [0.1, 0.15) is 29.0 Å². The molecule has 156 valence electrons. The van der Waals surface area contributed by atoms with Crippen molar-refractivity contribution >= 4 is 28.9 Å². The summed E-state index contributed by atoms with van der Waals surface area (Å²) >= 11 is 0. The highest BCUT2D eigenvalue weighted by molar-refractivity contribution is 6.12. The minimum absolute atomic E-state index is 0.109. The second-order valence-corrected chi connectivity index (χ2v) is 7.40. The molecule has 2 aliphatic heterocycles. The molecule has 0 radical (unpaired) electrons. The Kier molecular flexibility index (Phi) is 4.71. The van der Waals surface area contributed by atoms with Gasteiger partial charge in [0.15, 0.2) is 11.5 Å². The minimum Gasteiger partial charge on any atom is -0.486 e. The third kappa shape index (κ3) is 3.54. The molecule has 3 aromatic carbocycles. The molecule has 7 heteroatoms. The number of anilines is 3. The van der Waals surface area contributed by atoms with Gasteiger partial charge in [-0.15, -0.1) is 0 Å². The van der Waals surface area contributed by atoms with Gasteiger partial charge in [-0.1, -0.05) is 24.3 Å². The third-order valence-electron chi connectivity index (χ3n) is 5.28. The first-order valence-electron chi connectivity index (χ1n) is 10.1. The van der Waals surface area contributed by atoms with Crippen molar-refractivity contribution in [1.29, 1.82) is 0 Å². The fraction of sp³-hybridized carbons (Fsp3) is 0.167. The first kappa shape index (κ1) is 19.0. The molecule has 0 unspecified atom stereocenters. The van der Waals surface area contributed by atoms with Gasteiger partial charge in [0.2, 0.25) is 5.91 Å². The molecule has 7 nitrogen and oxygen atoms in total. The van der Waals surface area contributed by atoms with Gasteiger partial charge in [-0.05, 0) is 42.0 Å². The van der Waals surface area contributed by atoms with Crippen LogP contribution >= 0.6 is 0 Å². The van der Waals surface area contributed by atoms with Gasteiger partial charge in [0.25, 0.3) is 5.91 Å². The molecule has 1 atom stereocenters. The van der Waals surface area contributed by atoms with E-state index in [0.29, 0.717) is 41.7 Å². The van der Waals surface area contributed by atoms with E-state index in [9.17, 15) is 9.59 Å². The van der Waals surface area contributed by atoms with Crippen molar-refractivity contribution < 1.29 is 19.1 Å². The average molecular weight is 415 g/mol. The Balaban J connectivity index is 1.57. The zero-order valence-electron chi connectivity index (χ0n) is 16.9. The number of amides is 2. The van der Waals surface area contributed by atoms with Gasteiger partial charge >= 0.3 is 0 Å². The van der Waals surface area contributed by atoms with Crippen LogP contribution in [0, 0.1) is 0 Å². The zero-order valence-corrected chi connectivity index (χ0v) is 16.9. The Hall–Kier alpha value is -4.00. The summed E-state index contributed by atoms with van der Waals surface area (Å²) in [6.07, 6.45) is -0.434. The van der Waals surface area contributed by atoms with E-state index in [1.807, 2.05) is 66.7 Å². The molecule has 31 heavy (non-hydrogen) atoms. The lowest BCUT2D eigenvalue weighted by atomic mass is 10.0. The Bertz CT molecular complexity index is 1160. The summed E-state index contributed by atoms with van der Waals surface area (Å²) in [6, 6.07) is 20.4. The highest BCUT2D eigenvalue weighted by Crippen LogP contribution is 2.40. The molecule has 0 saturated carbocycles. The fourth-order valence-electron chi connectivity index (χ4n) is 3.89. The van der Waals surface area contributed by atoms with Crippen molar-refractivity contribution in [2.45, 2.75) is 13.1 Å². The number of rotatable bonds is 3. The lowest BCUT2D eigenvalue weighted by Gasteiger charge is -2.38. The SMILES string of the molecule is CC(=O)Nc1ccc([C@@H]2Nc3ccccc3C(=O)N2c2ccc3c(c2)OCCO3)cc1. The van der Waals surface area contributed by atoms with Crippen LogP contribution in [0.15, 0.2) is 66.7 Å². The molecular weight excluding hydrogens is 394 g/mol. The number of carbonyl (C=O) groups is 2. The summed E-state index contributed by atoms with van der Waals surface area (Å²) in [4.78, 5) is 26.6. The third-order valence-corrected chi connectivity index (χ3v) is 5.28. The van der Waals surface area contributed by atoms with E-state index in [-0.39, 0.29) is 11.8 Å². The summed E-state index contributed by atoms with van der Waals surface area (Å²) in [5.74, 6) is 1.05. The number of fused-ring (bicyclic) bond motifs is 2. The Morgan fingerprint density at radius 1 is 1.00 bits per heavy atom. The number of carbonyl (C=O) groups excluding carboxylic acids is 2. The number of hydrogen-bond donors (Lipinski definition) is 2. The molecule has 0 saturated heterocycles. The van der Waals surface area contributed by atoms with E-state index in [1.54, 1.807) is 4.90 Å². The van der Waals surface area contributed by atoms with Crippen LogP contribution < -0.4 is 25.0 Å². The number of hydrogen-bond acceptors (Lipinski definition) is 5. The largest absolute Gasteiger partial charge is 0.486 e. The van der Waals surface area contributed by atoms with Crippen LogP contribution in [-0.2, 0) is 4.79 Å². The second kappa shape index (κ2) is 7.68. The van der Waals surface area contributed by atoms with Crippen LogP contribution in [0.4, 0.5) is 17.1 Å². The first-order valence-corrected chi connectivity index (χ1v) is 10.1. The molecule has 0 aliphatic carbocycles. The average Bonchev–Trinajstić information content (AvgIpc) is 2.79. The van der Waals surface area contributed by atoms with Gasteiger partial charge in [-0.25, -0.2) is 0 Å². The highest BCUT2D eigenvalue weighted by atomic mass is 16.6. The van der Waals surface area contributed by atoms with Gasteiger partial charge < -0.3 is 20.1 Å². The molecule has 2 aliphatic rings. The smallest absolute Gasteiger partial charge is 0.262 e. The Morgan fingerprint density at radius 3 is 2.52 bits per heavy atom. The zero-order chi connectivity index (χ0) is 21.4. The number of nitrogens with zero attached hydrogens (tertiary/aromatic N) is 1. The molecule has 0 aromatic heterocycles. The summed E-state index contributed by atoms with van der Waals surface area (Å²) in [6.45, 7) is 2.45. The number of ether oxygens (including phenoxy) is 2. The van der Waals surface area contributed by atoms with Gasteiger partial charge in [0, 0.05) is 24.4 Å². The van der Waals surface area contributed by atoms with Gasteiger partial charge in [-0.3, -0.25) is 14.5 Å². The van der Waals surface area contributed by atoms with Gasteiger partial charge in [0.05, 0.1) is 11.3 Å². The molecule has 0 bridgehead atoms. The van der Waals surface area contributed by atoms with Crippen molar-refractivity contribution in [2.24, 2.45) is 0 Å². The van der Waals surface area contributed by atoms with Crippen LogP contribution in [0.5, 0.6) is 11.5 Å².